The normalized spacial score (nSPS) is 11.8. The van der Waals surface area contributed by atoms with Crippen LogP contribution >= 0.6 is 11.3 Å². The molecular formula is C25H32N6OS. The standard InChI is InChI=1S/C23H26N6OS.C2H6/c1-4-28(5-2)16(3)14-25-23(30)17-8-10-24-20(13-17)18-15-26-29-11-9-19(27-22(18)29)21-7-6-12-31-21;1-2/h6-13,15-16H,4-5,14H2,1-3H3,(H,25,30);1-2H3. The van der Waals surface area contributed by atoms with Crippen LogP contribution in [-0.2, 0) is 0 Å². The van der Waals surface area contributed by atoms with Gasteiger partial charge < -0.3 is 5.32 Å². The Morgan fingerprint density at radius 2 is 1.97 bits per heavy atom. The molecule has 0 fully saturated rings. The zero-order chi connectivity index (χ0) is 23.8. The van der Waals surface area contributed by atoms with Crippen LogP contribution in [0, 0.1) is 0 Å². The van der Waals surface area contributed by atoms with E-state index in [9.17, 15) is 4.79 Å². The van der Waals surface area contributed by atoms with E-state index in [2.05, 4.69) is 41.1 Å². The van der Waals surface area contributed by atoms with Crippen molar-refractivity contribution in [3.8, 4) is 21.8 Å². The van der Waals surface area contributed by atoms with Crippen molar-refractivity contribution in [1.29, 1.82) is 0 Å². The van der Waals surface area contributed by atoms with Gasteiger partial charge in [0.25, 0.3) is 5.91 Å². The highest BCUT2D eigenvalue weighted by Crippen LogP contribution is 2.27. The second-order valence-corrected chi connectivity index (χ2v) is 8.27. The number of hydrogen-bond donors (Lipinski definition) is 1. The number of carbonyl (C=O) groups is 1. The topological polar surface area (TPSA) is 75.4 Å². The molecule has 8 heteroatoms. The molecule has 174 valence electrons. The summed E-state index contributed by atoms with van der Waals surface area (Å²) in [6.07, 6.45) is 5.30. The van der Waals surface area contributed by atoms with E-state index < -0.39 is 0 Å². The number of carbonyl (C=O) groups excluding carboxylic acids is 1. The lowest BCUT2D eigenvalue weighted by atomic mass is 10.1. The Hall–Kier alpha value is -3.10. The third-order valence-electron chi connectivity index (χ3n) is 5.43. The molecule has 0 radical (unpaired) electrons. The number of nitrogens with zero attached hydrogens (tertiary/aromatic N) is 5. The molecule has 0 aliphatic carbocycles. The molecule has 0 aliphatic heterocycles. The third kappa shape index (κ3) is 5.64. The highest BCUT2D eigenvalue weighted by Gasteiger charge is 2.15. The van der Waals surface area contributed by atoms with E-state index in [4.69, 9.17) is 4.98 Å². The Labute approximate surface area is 199 Å². The summed E-state index contributed by atoms with van der Waals surface area (Å²) >= 11 is 1.64. The fourth-order valence-electron chi connectivity index (χ4n) is 3.65. The minimum absolute atomic E-state index is 0.105. The lowest BCUT2D eigenvalue weighted by Gasteiger charge is -2.26. The second-order valence-electron chi connectivity index (χ2n) is 7.33. The Kier molecular flexibility index (Phi) is 8.68. The van der Waals surface area contributed by atoms with Crippen molar-refractivity contribution in [1.82, 2.24) is 29.8 Å². The molecule has 7 nitrogen and oxygen atoms in total. The number of thiophene rings is 1. The average molecular weight is 465 g/mol. The van der Waals surface area contributed by atoms with Crippen LogP contribution in [0.4, 0.5) is 0 Å². The second kappa shape index (κ2) is 11.7. The number of pyridine rings is 1. The van der Waals surface area contributed by atoms with Crippen LogP contribution in [0.25, 0.3) is 27.5 Å². The zero-order valence-corrected chi connectivity index (χ0v) is 20.8. The number of aromatic nitrogens is 4. The smallest absolute Gasteiger partial charge is 0.251 e. The lowest BCUT2D eigenvalue weighted by molar-refractivity contribution is 0.0938. The van der Waals surface area contributed by atoms with Crippen LogP contribution in [-0.4, -0.2) is 56.1 Å². The molecule has 0 aliphatic rings. The number of fused-ring (bicyclic) bond motifs is 1. The van der Waals surface area contributed by atoms with Crippen molar-refractivity contribution in [3.63, 3.8) is 0 Å². The molecule has 4 aromatic rings. The first-order valence-electron chi connectivity index (χ1n) is 11.5. The van der Waals surface area contributed by atoms with Gasteiger partial charge in [-0.15, -0.1) is 11.3 Å². The molecule has 0 saturated carbocycles. The molecule has 0 saturated heterocycles. The summed E-state index contributed by atoms with van der Waals surface area (Å²) in [5.41, 5.74) is 3.65. The van der Waals surface area contributed by atoms with Crippen LogP contribution < -0.4 is 5.32 Å². The van der Waals surface area contributed by atoms with Gasteiger partial charge in [-0.05, 0) is 49.7 Å². The fourth-order valence-corrected chi connectivity index (χ4v) is 4.34. The minimum atomic E-state index is -0.105. The van der Waals surface area contributed by atoms with Crippen molar-refractivity contribution in [3.05, 3.63) is 59.9 Å². The van der Waals surface area contributed by atoms with Crippen LogP contribution in [0.3, 0.4) is 0 Å². The lowest BCUT2D eigenvalue weighted by Crippen LogP contribution is -2.42. The van der Waals surface area contributed by atoms with Crippen molar-refractivity contribution >= 4 is 22.9 Å². The molecule has 0 spiro atoms. The number of amides is 1. The monoisotopic (exact) mass is 464 g/mol. The van der Waals surface area contributed by atoms with Crippen molar-refractivity contribution < 1.29 is 4.79 Å². The summed E-state index contributed by atoms with van der Waals surface area (Å²) in [5.74, 6) is -0.105. The SMILES string of the molecule is CC.CCN(CC)C(C)CNC(=O)c1ccnc(-c2cnn3ccc(-c4cccs4)nc23)c1. The molecule has 1 atom stereocenters. The molecular weight excluding hydrogens is 432 g/mol. The summed E-state index contributed by atoms with van der Waals surface area (Å²) in [7, 11) is 0. The van der Waals surface area contributed by atoms with Crippen LogP contribution in [0.1, 0.15) is 45.0 Å². The fraction of sp³-hybridized carbons (Fsp3) is 0.360. The highest BCUT2D eigenvalue weighted by atomic mass is 32.1. The van der Waals surface area contributed by atoms with Gasteiger partial charge in [0.1, 0.15) is 0 Å². The van der Waals surface area contributed by atoms with Gasteiger partial charge >= 0.3 is 0 Å². The van der Waals surface area contributed by atoms with Gasteiger partial charge in [0.2, 0.25) is 0 Å². The Bertz CT molecular complexity index is 1170. The Morgan fingerprint density at radius 3 is 2.67 bits per heavy atom. The molecule has 1 unspecified atom stereocenters. The van der Waals surface area contributed by atoms with Gasteiger partial charge in [-0.1, -0.05) is 33.8 Å². The van der Waals surface area contributed by atoms with Crippen molar-refractivity contribution in [2.24, 2.45) is 0 Å². The first-order chi connectivity index (χ1) is 16.1. The van der Waals surface area contributed by atoms with Gasteiger partial charge in [0.15, 0.2) is 5.65 Å². The Balaban J connectivity index is 0.00000149. The maximum atomic E-state index is 12.8. The van der Waals surface area contributed by atoms with E-state index in [1.807, 2.05) is 43.6 Å². The van der Waals surface area contributed by atoms with Gasteiger partial charge in [0, 0.05) is 30.5 Å². The third-order valence-corrected chi connectivity index (χ3v) is 6.33. The first kappa shape index (κ1) is 24.5. The summed E-state index contributed by atoms with van der Waals surface area (Å²) in [5, 5.41) is 9.47. The molecule has 0 aromatic carbocycles. The highest BCUT2D eigenvalue weighted by molar-refractivity contribution is 7.13. The summed E-state index contributed by atoms with van der Waals surface area (Å²) in [4.78, 5) is 25.4. The van der Waals surface area contributed by atoms with Crippen LogP contribution in [0.2, 0.25) is 0 Å². The van der Waals surface area contributed by atoms with Gasteiger partial charge in [-0.3, -0.25) is 14.7 Å². The largest absolute Gasteiger partial charge is 0.350 e. The number of likely N-dealkylation sites (N-methyl/N-ethyl adjacent to an activating group) is 1. The number of nitrogens with one attached hydrogen (secondary N) is 1. The van der Waals surface area contributed by atoms with E-state index in [1.54, 1.807) is 40.4 Å². The van der Waals surface area contributed by atoms with Crippen molar-refractivity contribution in [2.45, 2.75) is 40.7 Å². The van der Waals surface area contributed by atoms with E-state index in [1.165, 1.54) is 0 Å². The Morgan fingerprint density at radius 1 is 1.18 bits per heavy atom. The number of hydrogen-bond acceptors (Lipinski definition) is 6. The molecule has 4 heterocycles. The van der Waals surface area contributed by atoms with E-state index in [-0.39, 0.29) is 11.9 Å². The molecule has 33 heavy (non-hydrogen) atoms. The van der Waals surface area contributed by atoms with Crippen molar-refractivity contribution in [2.75, 3.05) is 19.6 Å². The predicted octanol–water partition coefficient (Wildman–Crippen LogP) is 5.01. The quantitative estimate of drug-likeness (QED) is 0.397. The molecule has 4 rings (SSSR count). The summed E-state index contributed by atoms with van der Waals surface area (Å²) in [6.45, 7) is 12.9. The predicted molar refractivity (Wildman–Crippen MR) is 136 cm³/mol. The average Bonchev–Trinajstić information content (AvgIpc) is 3.54. The van der Waals surface area contributed by atoms with Gasteiger partial charge in [-0.25, -0.2) is 9.50 Å². The zero-order valence-electron chi connectivity index (χ0n) is 19.9. The molecule has 1 amide bonds. The maximum absolute atomic E-state index is 12.8. The summed E-state index contributed by atoms with van der Waals surface area (Å²) < 4.78 is 1.73. The number of rotatable bonds is 8. The first-order valence-corrected chi connectivity index (χ1v) is 12.4. The van der Waals surface area contributed by atoms with Gasteiger partial charge in [0.05, 0.1) is 28.0 Å². The van der Waals surface area contributed by atoms with E-state index in [0.717, 1.165) is 29.2 Å². The summed E-state index contributed by atoms with van der Waals surface area (Å²) in [6, 6.07) is 9.81. The van der Waals surface area contributed by atoms with Crippen LogP contribution in [0.5, 0.6) is 0 Å². The van der Waals surface area contributed by atoms with E-state index >= 15 is 0 Å². The molecule has 0 bridgehead atoms. The molecule has 4 aromatic heterocycles. The minimum Gasteiger partial charge on any atom is -0.350 e. The molecule has 1 N–H and O–H groups in total. The van der Waals surface area contributed by atoms with Gasteiger partial charge in [-0.2, -0.15) is 5.10 Å². The maximum Gasteiger partial charge on any atom is 0.251 e. The van der Waals surface area contributed by atoms with Crippen LogP contribution in [0.15, 0.2) is 54.3 Å². The van der Waals surface area contributed by atoms with E-state index in [0.29, 0.717) is 23.4 Å².